The third-order valence-electron chi connectivity index (χ3n) is 1.23. The topological polar surface area (TPSA) is 22.1 Å². The Morgan fingerprint density at radius 1 is 1.60 bits per heavy atom. The van der Waals surface area contributed by atoms with Crippen LogP contribution in [0.1, 0.15) is 5.69 Å². The number of nitrogens with zero attached hydrogens (tertiary/aromatic N) is 1. The normalized spacial score (nSPS) is 9.50. The summed E-state index contributed by atoms with van der Waals surface area (Å²) in [5.41, 5.74) is 0.908. The Labute approximate surface area is 68.4 Å². The standard InChI is InChI=1S/C7H8BrNO/c1-5-7(10-2)3-6(8)4-9-5/h3-4H,1-2H3. The molecule has 1 heterocycles. The number of methoxy groups -OCH3 is 1. The largest absolute Gasteiger partial charge is 0.495 e. The van der Waals surface area contributed by atoms with E-state index in [-0.39, 0.29) is 0 Å². The molecule has 10 heavy (non-hydrogen) atoms. The van der Waals surface area contributed by atoms with Crippen LogP contribution in [0.15, 0.2) is 16.7 Å². The minimum absolute atomic E-state index is 0.814. The zero-order valence-corrected chi connectivity index (χ0v) is 7.47. The van der Waals surface area contributed by atoms with Crippen molar-refractivity contribution in [3.8, 4) is 5.75 Å². The lowest BCUT2D eigenvalue weighted by molar-refractivity contribution is 0.409. The molecule has 0 atom stereocenters. The van der Waals surface area contributed by atoms with Crippen molar-refractivity contribution in [2.75, 3.05) is 7.11 Å². The van der Waals surface area contributed by atoms with Crippen molar-refractivity contribution in [2.24, 2.45) is 0 Å². The van der Waals surface area contributed by atoms with Crippen LogP contribution in [0.5, 0.6) is 5.75 Å². The molecule has 0 aromatic carbocycles. The Bertz CT molecular complexity index is 237. The van der Waals surface area contributed by atoms with Gasteiger partial charge in [0.2, 0.25) is 0 Å². The summed E-state index contributed by atoms with van der Waals surface area (Å²) in [5.74, 6) is 0.814. The van der Waals surface area contributed by atoms with E-state index in [4.69, 9.17) is 4.74 Å². The lowest BCUT2D eigenvalue weighted by atomic mass is 10.3. The van der Waals surface area contributed by atoms with E-state index in [0.29, 0.717) is 0 Å². The minimum atomic E-state index is 0.814. The molecule has 0 unspecified atom stereocenters. The average molecular weight is 202 g/mol. The predicted molar refractivity (Wildman–Crippen MR) is 43.2 cm³/mol. The maximum absolute atomic E-state index is 5.03. The second-order valence-electron chi connectivity index (χ2n) is 1.94. The van der Waals surface area contributed by atoms with Crippen LogP contribution in [-0.4, -0.2) is 12.1 Å². The van der Waals surface area contributed by atoms with Crippen LogP contribution in [0.25, 0.3) is 0 Å². The summed E-state index contributed by atoms with van der Waals surface area (Å²) in [5, 5.41) is 0. The zero-order chi connectivity index (χ0) is 7.56. The number of halogens is 1. The summed E-state index contributed by atoms with van der Waals surface area (Å²) < 4.78 is 5.97. The molecule has 0 amide bonds. The van der Waals surface area contributed by atoms with Crippen molar-refractivity contribution >= 4 is 15.9 Å². The molecule has 0 aliphatic heterocycles. The highest BCUT2D eigenvalue weighted by molar-refractivity contribution is 9.10. The number of aryl methyl sites for hydroxylation is 1. The molecule has 3 heteroatoms. The van der Waals surface area contributed by atoms with Gasteiger partial charge in [0.25, 0.3) is 0 Å². The molecule has 1 rings (SSSR count). The Kier molecular flexibility index (Phi) is 2.27. The van der Waals surface area contributed by atoms with Gasteiger partial charge in [-0.3, -0.25) is 4.98 Å². The van der Waals surface area contributed by atoms with E-state index < -0.39 is 0 Å². The van der Waals surface area contributed by atoms with E-state index in [2.05, 4.69) is 20.9 Å². The first-order chi connectivity index (χ1) is 4.74. The van der Waals surface area contributed by atoms with E-state index in [1.807, 2.05) is 13.0 Å². The first kappa shape index (κ1) is 7.54. The summed E-state index contributed by atoms with van der Waals surface area (Å²) in [4.78, 5) is 4.08. The molecule has 0 spiro atoms. The number of ether oxygens (including phenoxy) is 1. The van der Waals surface area contributed by atoms with Crippen LogP contribution in [0.2, 0.25) is 0 Å². The molecule has 0 aliphatic rings. The molecule has 1 aromatic heterocycles. The Balaban J connectivity index is 3.09. The molecule has 0 bridgehead atoms. The van der Waals surface area contributed by atoms with Gasteiger partial charge in [-0.15, -0.1) is 0 Å². The van der Waals surface area contributed by atoms with E-state index in [0.717, 1.165) is 15.9 Å². The van der Waals surface area contributed by atoms with Crippen molar-refractivity contribution in [3.05, 3.63) is 22.4 Å². The van der Waals surface area contributed by atoms with E-state index >= 15 is 0 Å². The number of hydrogen-bond acceptors (Lipinski definition) is 2. The van der Waals surface area contributed by atoms with Crippen molar-refractivity contribution < 1.29 is 4.74 Å². The quantitative estimate of drug-likeness (QED) is 0.696. The van der Waals surface area contributed by atoms with Crippen LogP contribution in [-0.2, 0) is 0 Å². The van der Waals surface area contributed by atoms with Gasteiger partial charge < -0.3 is 4.74 Å². The van der Waals surface area contributed by atoms with Gasteiger partial charge in [-0.05, 0) is 28.9 Å². The minimum Gasteiger partial charge on any atom is -0.495 e. The number of pyridine rings is 1. The molecule has 0 radical (unpaired) electrons. The second kappa shape index (κ2) is 3.01. The van der Waals surface area contributed by atoms with Gasteiger partial charge in [-0.1, -0.05) is 0 Å². The fraction of sp³-hybridized carbons (Fsp3) is 0.286. The lowest BCUT2D eigenvalue weighted by Crippen LogP contribution is -1.89. The Morgan fingerprint density at radius 3 is 2.80 bits per heavy atom. The van der Waals surface area contributed by atoms with Crippen molar-refractivity contribution in [2.45, 2.75) is 6.92 Å². The van der Waals surface area contributed by atoms with Crippen molar-refractivity contribution in [1.82, 2.24) is 4.98 Å². The maximum Gasteiger partial charge on any atom is 0.141 e. The Morgan fingerprint density at radius 2 is 2.30 bits per heavy atom. The third kappa shape index (κ3) is 1.48. The van der Waals surface area contributed by atoms with Crippen LogP contribution >= 0.6 is 15.9 Å². The van der Waals surface area contributed by atoms with Crippen LogP contribution < -0.4 is 4.74 Å². The Hall–Kier alpha value is -0.570. The molecule has 0 aliphatic carbocycles. The highest BCUT2D eigenvalue weighted by atomic mass is 79.9. The lowest BCUT2D eigenvalue weighted by Gasteiger charge is -2.01. The first-order valence-electron chi connectivity index (χ1n) is 2.90. The summed E-state index contributed by atoms with van der Waals surface area (Å²) in [6.45, 7) is 1.91. The number of rotatable bonds is 1. The van der Waals surface area contributed by atoms with Gasteiger partial charge in [-0.2, -0.15) is 0 Å². The molecule has 1 aromatic rings. The van der Waals surface area contributed by atoms with E-state index in [9.17, 15) is 0 Å². The summed E-state index contributed by atoms with van der Waals surface area (Å²) >= 11 is 3.29. The molecule has 0 saturated heterocycles. The van der Waals surface area contributed by atoms with Gasteiger partial charge in [0.05, 0.1) is 12.8 Å². The molecule has 54 valence electrons. The molecule has 0 saturated carbocycles. The van der Waals surface area contributed by atoms with Crippen molar-refractivity contribution in [3.63, 3.8) is 0 Å². The van der Waals surface area contributed by atoms with E-state index in [1.165, 1.54) is 0 Å². The van der Waals surface area contributed by atoms with Crippen LogP contribution in [0.4, 0.5) is 0 Å². The van der Waals surface area contributed by atoms with Crippen LogP contribution in [0.3, 0.4) is 0 Å². The molecular formula is C7H8BrNO. The van der Waals surface area contributed by atoms with Crippen molar-refractivity contribution in [1.29, 1.82) is 0 Å². The highest BCUT2D eigenvalue weighted by Gasteiger charge is 1.97. The predicted octanol–water partition coefficient (Wildman–Crippen LogP) is 2.16. The van der Waals surface area contributed by atoms with Gasteiger partial charge in [0.1, 0.15) is 5.75 Å². The number of hydrogen-bond donors (Lipinski definition) is 0. The molecule has 2 nitrogen and oxygen atoms in total. The summed E-state index contributed by atoms with van der Waals surface area (Å²) in [6.07, 6.45) is 1.75. The third-order valence-corrected chi connectivity index (χ3v) is 1.66. The number of aromatic nitrogens is 1. The second-order valence-corrected chi connectivity index (χ2v) is 2.86. The summed E-state index contributed by atoms with van der Waals surface area (Å²) in [6, 6.07) is 1.89. The van der Waals surface area contributed by atoms with Gasteiger partial charge in [-0.25, -0.2) is 0 Å². The van der Waals surface area contributed by atoms with Gasteiger partial charge in [0, 0.05) is 10.7 Å². The molecular weight excluding hydrogens is 194 g/mol. The van der Waals surface area contributed by atoms with Crippen LogP contribution in [0, 0.1) is 6.92 Å². The fourth-order valence-corrected chi connectivity index (χ4v) is 1.01. The maximum atomic E-state index is 5.03. The first-order valence-corrected chi connectivity index (χ1v) is 3.69. The zero-order valence-electron chi connectivity index (χ0n) is 5.89. The highest BCUT2D eigenvalue weighted by Crippen LogP contribution is 2.19. The average Bonchev–Trinajstić information content (AvgIpc) is 1.94. The van der Waals surface area contributed by atoms with Gasteiger partial charge >= 0.3 is 0 Å². The SMILES string of the molecule is COc1cc(Br)cnc1C. The summed E-state index contributed by atoms with van der Waals surface area (Å²) in [7, 11) is 1.64. The van der Waals surface area contributed by atoms with E-state index in [1.54, 1.807) is 13.3 Å². The fourth-order valence-electron chi connectivity index (χ4n) is 0.696. The molecule has 0 fully saturated rings. The van der Waals surface area contributed by atoms with Gasteiger partial charge in [0.15, 0.2) is 0 Å². The monoisotopic (exact) mass is 201 g/mol. The smallest absolute Gasteiger partial charge is 0.141 e. The molecule has 0 N–H and O–H groups in total.